The number of aliphatic hydroxyl groups is 1. The van der Waals surface area contributed by atoms with Crippen molar-refractivity contribution in [2.45, 2.75) is 32.9 Å². The van der Waals surface area contributed by atoms with Crippen LogP contribution in [0.2, 0.25) is 5.02 Å². The van der Waals surface area contributed by atoms with E-state index < -0.39 is 0 Å². The van der Waals surface area contributed by atoms with Crippen LogP contribution in [0.4, 0.5) is 0 Å². The van der Waals surface area contributed by atoms with Gasteiger partial charge in [0.25, 0.3) is 0 Å². The summed E-state index contributed by atoms with van der Waals surface area (Å²) in [6, 6.07) is 8.11. The molecule has 0 saturated carbocycles. The molecular formula is C13H20ClNO. The van der Waals surface area contributed by atoms with Gasteiger partial charge in [-0.3, -0.25) is 0 Å². The molecule has 0 aliphatic heterocycles. The maximum atomic E-state index is 9.26. The van der Waals surface area contributed by atoms with Crippen molar-refractivity contribution < 1.29 is 5.11 Å². The lowest BCUT2D eigenvalue weighted by molar-refractivity contribution is 0.201. The Morgan fingerprint density at radius 3 is 2.50 bits per heavy atom. The van der Waals surface area contributed by atoms with E-state index in [1.807, 2.05) is 24.3 Å². The fourth-order valence-electron chi connectivity index (χ4n) is 1.65. The van der Waals surface area contributed by atoms with Crippen molar-refractivity contribution in [2.24, 2.45) is 5.92 Å². The quantitative estimate of drug-likeness (QED) is 0.831. The molecule has 1 rings (SSSR count). The van der Waals surface area contributed by atoms with Gasteiger partial charge < -0.3 is 10.4 Å². The summed E-state index contributed by atoms with van der Waals surface area (Å²) < 4.78 is 0. The normalized spacial score (nSPS) is 15.1. The Kier molecular flexibility index (Phi) is 5.26. The maximum absolute atomic E-state index is 9.26. The lowest BCUT2D eigenvalue weighted by Gasteiger charge is -2.25. The van der Waals surface area contributed by atoms with Crippen LogP contribution in [0.25, 0.3) is 0 Å². The van der Waals surface area contributed by atoms with E-state index in [-0.39, 0.29) is 18.7 Å². The Balaban J connectivity index is 2.67. The molecule has 16 heavy (non-hydrogen) atoms. The molecule has 3 heteroatoms. The highest BCUT2D eigenvalue weighted by molar-refractivity contribution is 6.30. The van der Waals surface area contributed by atoms with E-state index in [1.54, 1.807) is 0 Å². The summed E-state index contributed by atoms with van der Waals surface area (Å²) >= 11 is 5.94. The summed E-state index contributed by atoms with van der Waals surface area (Å²) in [7, 11) is 0. The molecule has 2 unspecified atom stereocenters. The van der Waals surface area contributed by atoms with Crippen LogP contribution in [0.1, 0.15) is 32.4 Å². The standard InChI is InChI=1S/C13H20ClNO/c1-9(2)13(8-16)15-10(3)11-5-4-6-12(14)7-11/h4-7,9-10,13,15-16H,8H2,1-3H3. The van der Waals surface area contributed by atoms with E-state index in [2.05, 4.69) is 26.1 Å². The van der Waals surface area contributed by atoms with Crippen molar-refractivity contribution in [3.05, 3.63) is 34.9 Å². The number of benzene rings is 1. The van der Waals surface area contributed by atoms with Crippen LogP contribution < -0.4 is 5.32 Å². The van der Waals surface area contributed by atoms with Gasteiger partial charge in [0.2, 0.25) is 0 Å². The molecule has 2 atom stereocenters. The molecule has 0 saturated heterocycles. The molecule has 0 bridgehead atoms. The second kappa shape index (κ2) is 6.24. The average molecular weight is 242 g/mol. The number of aliphatic hydroxyl groups excluding tert-OH is 1. The second-order valence-electron chi connectivity index (χ2n) is 4.48. The molecule has 0 aliphatic rings. The van der Waals surface area contributed by atoms with E-state index in [0.29, 0.717) is 5.92 Å². The average Bonchev–Trinajstić information content (AvgIpc) is 2.25. The Hall–Kier alpha value is -0.570. The lowest BCUT2D eigenvalue weighted by Crippen LogP contribution is -2.38. The SMILES string of the molecule is CC(NC(CO)C(C)C)c1cccc(Cl)c1. The van der Waals surface area contributed by atoms with Crippen molar-refractivity contribution >= 4 is 11.6 Å². The minimum Gasteiger partial charge on any atom is -0.395 e. The van der Waals surface area contributed by atoms with Crippen molar-refractivity contribution in [3.63, 3.8) is 0 Å². The zero-order valence-electron chi connectivity index (χ0n) is 10.1. The first-order valence-electron chi connectivity index (χ1n) is 5.67. The molecule has 2 nitrogen and oxygen atoms in total. The molecule has 1 aromatic rings. The minimum absolute atomic E-state index is 0.119. The second-order valence-corrected chi connectivity index (χ2v) is 4.91. The van der Waals surface area contributed by atoms with Crippen LogP contribution in [0.15, 0.2) is 24.3 Å². The van der Waals surface area contributed by atoms with Crippen molar-refractivity contribution in [1.29, 1.82) is 0 Å². The zero-order valence-corrected chi connectivity index (χ0v) is 10.8. The molecule has 0 spiro atoms. The van der Waals surface area contributed by atoms with Gasteiger partial charge in [-0.2, -0.15) is 0 Å². The third kappa shape index (κ3) is 3.78. The van der Waals surface area contributed by atoms with Gasteiger partial charge in [-0.25, -0.2) is 0 Å². The summed E-state index contributed by atoms with van der Waals surface area (Å²) in [6.07, 6.45) is 0. The fraction of sp³-hybridized carbons (Fsp3) is 0.538. The molecule has 90 valence electrons. The van der Waals surface area contributed by atoms with E-state index in [9.17, 15) is 5.11 Å². The van der Waals surface area contributed by atoms with Gasteiger partial charge in [0.15, 0.2) is 0 Å². The Morgan fingerprint density at radius 2 is 2.00 bits per heavy atom. The highest BCUT2D eigenvalue weighted by Gasteiger charge is 2.15. The predicted molar refractivity (Wildman–Crippen MR) is 68.7 cm³/mol. The number of nitrogens with one attached hydrogen (secondary N) is 1. The first kappa shape index (κ1) is 13.5. The Bertz CT molecular complexity index is 327. The summed E-state index contributed by atoms with van der Waals surface area (Å²) in [5.41, 5.74) is 1.15. The minimum atomic E-state index is 0.119. The molecule has 0 aromatic heterocycles. The summed E-state index contributed by atoms with van der Waals surface area (Å²) in [6.45, 7) is 6.43. The summed E-state index contributed by atoms with van der Waals surface area (Å²) in [5.74, 6) is 0.409. The van der Waals surface area contributed by atoms with Crippen LogP contribution in [0.5, 0.6) is 0 Å². The van der Waals surface area contributed by atoms with Gasteiger partial charge in [-0.1, -0.05) is 37.6 Å². The maximum Gasteiger partial charge on any atom is 0.0587 e. The first-order valence-corrected chi connectivity index (χ1v) is 6.04. The van der Waals surface area contributed by atoms with Crippen LogP contribution in [-0.4, -0.2) is 17.8 Å². The summed E-state index contributed by atoms with van der Waals surface area (Å²) in [4.78, 5) is 0. The van der Waals surface area contributed by atoms with Gasteiger partial charge >= 0.3 is 0 Å². The number of hydrogen-bond acceptors (Lipinski definition) is 2. The topological polar surface area (TPSA) is 32.3 Å². The van der Waals surface area contributed by atoms with Crippen LogP contribution >= 0.6 is 11.6 Å². The zero-order chi connectivity index (χ0) is 12.1. The molecule has 1 aromatic carbocycles. The third-order valence-corrected chi connectivity index (χ3v) is 3.05. The number of hydrogen-bond donors (Lipinski definition) is 2. The van der Waals surface area contributed by atoms with Crippen LogP contribution in [0, 0.1) is 5.92 Å². The van der Waals surface area contributed by atoms with E-state index in [0.717, 1.165) is 10.6 Å². The van der Waals surface area contributed by atoms with Crippen molar-refractivity contribution in [1.82, 2.24) is 5.32 Å². The highest BCUT2D eigenvalue weighted by atomic mass is 35.5. The van der Waals surface area contributed by atoms with E-state index >= 15 is 0 Å². The predicted octanol–water partition coefficient (Wildman–Crippen LogP) is 3.01. The van der Waals surface area contributed by atoms with Gasteiger partial charge in [0.05, 0.1) is 6.61 Å². The van der Waals surface area contributed by atoms with Gasteiger partial charge in [-0.15, -0.1) is 0 Å². The van der Waals surface area contributed by atoms with Crippen molar-refractivity contribution in [2.75, 3.05) is 6.61 Å². The van der Waals surface area contributed by atoms with Crippen LogP contribution in [-0.2, 0) is 0 Å². The van der Waals surface area contributed by atoms with Gasteiger partial charge in [-0.05, 0) is 30.5 Å². The van der Waals surface area contributed by atoms with Crippen LogP contribution in [0.3, 0.4) is 0 Å². The highest BCUT2D eigenvalue weighted by Crippen LogP contribution is 2.18. The van der Waals surface area contributed by atoms with Gasteiger partial charge in [0.1, 0.15) is 0 Å². The smallest absolute Gasteiger partial charge is 0.0587 e. The fourth-order valence-corrected chi connectivity index (χ4v) is 1.85. The third-order valence-electron chi connectivity index (χ3n) is 2.81. The molecule has 0 radical (unpaired) electrons. The Morgan fingerprint density at radius 1 is 1.31 bits per heavy atom. The monoisotopic (exact) mass is 241 g/mol. The van der Waals surface area contributed by atoms with Crippen molar-refractivity contribution in [3.8, 4) is 0 Å². The largest absolute Gasteiger partial charge is 0.395 e. The first-order chi connectivity index (χ1) is 7.54. The number of rotatable bonds is 5. The molecule has 0 amide bonds. The molecule has 0 fully saturated rings. The molecule has 0 aliphatic carbocycles. The number of halogens is 1. The molecular weight excluding hydrogens is 222 g/mol. The molecule has 0 heterocycles. The van der Waals surface area contributed by atoms with Gasteiger partial charge in [0, 0.05) is 17.1 Å². The van der Waals surface area contributed by atoms with E-state index in [4.69, 9.17) is 11.6 Å². The lowest BCUT2D eigenvalue weighted by atomic mass is 10.0. The summed E-state index contributed by atoms with van der Waals surface area (Å²) in [5, 5.41) is 13.4. The van der Waals surface area contributed by atoms with E-state index in [1.165, 1.54) is 0 Å². The molecule has 2 N–H and O–H groups in total. The Labute approximate surface area is 103 Å².